The van der Waals surface area contributed by atoms with Crippen molar-refractivity contribution in [3.05, 3.63) is 23.5 Å². The zero-order valence-electron chi connectivity index (χ0n) is 9.71. The number of carboxylic acids is 2. The first-order chi connectivity index (χ1) is 8.06. The molecule has 0 amide bonds. The predicted octanol–water partition coefficient (Wildman–Crippen LogP) is 0.352. The van der Waals surface area contributed by atoms with E-state index >= 15 is 0 Å². The average Bonchev–Trinajstić information content (AvgIpc) is 2.18. The van der Waals surface area contributed by atoms with E-state index in [4.69, 9.17) is 10.2 Å². The lowest BCUT2D eigenvalue weighted by Gasteiger charge is -2.29. The first-order valence-corrected chi connectivity index (χ1v) is 6.65. The molecule has 0 spiro atoms. The van der Waals surface area contributed by atoms with Gasteiger partial charge in [0.25, 0.3) is 0 Å². The lowest BCUT2D eigenvalue weighted by Crippen LogP contribution is -2.35. The minimum atomic E-state index is -3.87. The molecule has 2 N–H and O–H groups in total. The molecule has 8 heteroatoms. The molecule has 0 radical (unpaired) electrons. The number of carbonyl (C=O) groups is 2. The number of rotatable bonds is 4. The maximum atomic E-state index is 11.2. The quantitative estimate of drug-likeness (QED) is 0.711. The van der Waals surface area contributed by atoms with Gasteiger partial charge >= 0.3 is 22.1 Å². The normalized spacial score (nSPS) is 23.9. The van der Waals surface area contributed by atoms with E-state index in [-0.39, 0.29) is 17.8 Å². The molecule has 0 bridgehead atoms. The van der Waals surface area contributed by atoms with Gasteiger partial charge in [-0.25, -0.2) is 4.79 Å². The highest BCUT2D eigenvalue weighted by Gasteiger charge is 2.44. The highest BCUT2D eigenvalue weighted by Crippen LogP contribution is 2.39. The summed E-state index contributed by atoms with van der Waals surface area (Å²) in [4.78, 5) is 22.0. The first-order valence-electron chi connectivity index (χ1n) is 4.84. The van der Waals surface area contributed by atoms with Gasteiger partial charge in [0.2, 0.25) is 0 Å². The Kier molecular flexibility index (Phi) is 3.52. The van der Waals surface area contributed by atoms with Crippen molar-refractivity contribution in [1.29, 1.82) is 0 Å². The fourth-order valence-corrected chi connectivity index (χ4v) is 2.06. The molecule has 0 aromatic heterocycles. The molecule has 0 saturated carbocycles. The van der Waals surface area contributed by atoms with Crippen LogP contribution in [0.3, 0.4) is 0 Å². The van der Waals surface area contributed by atoms with Gasteiger partial charge in [-0.05, 0) is 19.1 Å². The van der Waals surface area contributed by atoms with Crippen LogP contribution in [0.1, 0.15) is 13.3 Å². The van der Waals surface area contributed by atoms with E-state index in [9.17, 15) is 18.0 Å². The Labute approximate surface area is 103 Å². The molecular formula is C10H12O7S. The minimum absolute atomic E-state index is 0.124. The second-order valence-corrected chi connectivity index (χ2v) is 5.70. The molecule has 7 nitrogen and oxygen atoms in total. The Morgan fingerprint density at radius 1 is 1.33 bits per heavy atom. The third kappa shape index (κ3) is 2.89. The van der Waals surface area contributed by atoms with E-state index in [2.05, 4.69) is 4.18 Å². The zero-order chi connectivity index (χ0) is 14.1. The molecule has 18 heavy (non-hydrogen) atoms. The number of hydrogen-bond acceptors (Lipinski definition) is 5. The number of carboxylic acid groups (broad SMARTS) is 2. The Hall–Kier alpha value is -1.83. The van der Waals surface area contributed by atoms with Crippen molar-refractivity contribution < 1.29 is 32.4 Å². The van der Waals surface area contributed by atoms with Crippen LogP contribution in [0.25, 0.3) is 0 Å². The van der Waals surface area contributed by atoms with Crippen molar-refractivity contribution in [1.82, 2.24) is 0 Å². The lowest BCUT2D eigenvalue weighted by molar-refractivity contribution is -0.147. The zero-order valence-corrected chi connectivity index (χ0v) is 10.5. The average molecular weight is 276 g/mol. The van der Waals surface area contributed by atoms with Crippen LogP contribution in [0, 0.1) is 5.41 Å². The fourth-order valence-electron chi connectivity index (χ4n) is 1.50. The van der Waals surface area contributed by atoms with Crippen LogP contribution in [0.15, 0.2) is 23.5 Å². The molecular weight excluding hydrogens is 264 g/mol. The summed E-state index contributed by atoms with van der Waals surface area (Å²) in [6.07, 6.45) is 2.63. The van der Waals surface area contributed by atoms with Gasteiger partial charge in [-0.3, -0.25) is 4.79 Å². The fraction of sp³-hybridized carbons (Fsp3) is 0.400. The van der Waals surface area contributed by atoms with Crippen LogP contribution in [0.4, 0.5) is 0 Å². The molecule has 1 unspecified atom stereocenters. The van der Waals surface area contributed by atoms with Crippen LogP contribution >= 0.6 is 0 Å². The van der Waals surface area contributed by atoms with Crippen LogP contribution in [-0.4, -0.2) is 36.8 Å². The molecule has 1 aliphatic rings. The van der Waals surface area contributed by atoms with Gasteiger partial charge in [0, 0.05) is 12.0 Å². The van der Waals surface area contributed by atoms with Gasteiger partial charge in [-0.15, -0.1) is 0 Å². The van der Waals surface area contributed by atoms with Crippen molar-refractivity contribution in [2.75, 3.05) is 6.26 Å². The summed E-state index contributed by atoms with van der Waals surface area (Å²) < 4.78 is 26.7. The third-order valence-corrected chi connectivity index (χ3v) is 2.99. The van der Waals surface area contributed by atoms with E-state index < -0.39 is 27.5 Å². The van der Waals surface area contributed by atoms with Crippen molar-refractivity contribution in [3.63, 3.8) is 0 Å². The molecule has 0 saturated heterocycles. The summed E-state index contributed by atoms with van der Waals surface area (Å²) in [6, 6.07) is 0. The summed E-state index contributed by atoms with van der Waals surface area (Å²) in [7, 11) is -3.87. The summed E-state index contributed by atoms with van der Waals surface area (Å²) in [5.74, 6) is -2.91. The van der Waals surface area contributed by atoms with Crippen LogP contribution < -0.4 is 0 Å². The van der Waals surface area contributed by atoms with Gasteiger partial charge in [-0.1, -0.05) is 0 Å². The molecule has 1 aliphatic carbocycles. The molecule has 1 atom stereocenters. The summed E-state index contributed by atoms with van der Waals surface area (Å²) in [5, 5.41) is 18.0. The standard InChI is InChI=1S/C10H12O7S/c1-10(9(13)14)5-6(8(11)12)3-4-7(10)17-18(2,15)16/h3-4H,5H2,1-2H3,(H,11,12)(H,13,14). The van der Waals surface area contributed by atoms with Crippen molar-refractivity contribution >= 4 is 22.1 Å². The molecule has 100 valence electrons. The maximum absolute atomic E-state index is 11.2. The largest absolute Gasteiger partial charge is 0.480 e. The van der Waals surface area contributed by atoms with E-state index in [1.807, 2.05) is 0 Å². The second-order valence-electron chi connectivity index (χ2n) is 4.13. The SMILES string of the molecule is CC1(C(=O)O)CC(C(=O)O)=CC=C1OS(C)(=O)=O. The Balaban J connectivity index is 3.25. The van der Waals surface area contributed by atoms with Gasteiger partial charge in [0.15, 0.2) is 0 Å². The maximum Gasteiger partial charge on any atom is 0.331 e. The topological polar surface area (TPSA) is 118 Å². The van der Waals surface area contributed by atoms with Crippen molar-refractivity contribution in [2.45, 2.75) is 13.3 Å². The molecule has 0 aromatic rings. The molecule has 0 aromatic carbocycles. The number of hydrogen-bond donors (Lipinski definition) is 2. The highest BCUT2D eigenvalue weighted by molar-refractivity contribution is 7.86. The Morgan fingerprint density at radius 3 is 2.28 bits per heavy atom. The van der Waals surface area contributed by atoms with Crippen LogP contribution in [-0.2, 0) is 23.9 Å². The van der Waals surface area contributed by atoms with E-state index in [1.54, 1.807) is 0 Å². The van der Waals surface area contributed by atoms with Crippen molar-refractivity contribution in [3.8, 4) is 0 Å². The monoisotopic (exact) mass is 276 g/mol. The lowest BCUT2D eigenvalue weighted by atomic mass is 9.78. The highest BCUT2D eigenvalue weighted by atomic mass is 32.2. The predicted molar refractivity (Wildman–Crippen MR) is 60.1 cm³/mol. The third-order valence-electron chi connectivity index (χ3n) is 2.51. The summed E-state index contributed by atoms with van der Waals surface area (Å²) in [5.41, 5.74) is -1.84. The minimum Gasteiger partial charge on any atom is -0.480 e. The Bertz CT molecular complexity index is 555. The summed E-state index contributed by atoms with van der Waals surface area (Å²) >= 11 is 0. The second kappa shape index (κ2) is 4.45. The van der Waals surface area contributed by atoms with Gasteiger partial charge in [0.1, 0.15) is 11.2 Å². The Morgan fingerprint density at radius 2 is 1.89 bits per heavy atom. The first kappa shape index (κ1) is 14.2. The van der Waals surface area contributed by atoms with Crippen LogP contribution in [0.5, 0.6) is 0 Å². The van der Waals surface area contributed by atoms with E-state index in [0.717, 1.165) is 18.4 Å². The van der Waals surface area contributed by atoms with Crippen LogP contribution in [0.2, 0.25) is 0 Å². The molecule has 0 heterocycles. The number of aliphatic carboxylic acids is 2. The van der Waals surface area contributed by atoms with Gasteiger partial charge in [0.05, 0.1) is 6.26 Å². The molecule has 0 aliphatic heterocycles. The smallest absolute Gasteiger partial charge is 0.331 e. The summed E-state index contributed by atoms with van der Waals surface area (Å²) in [6.45, 7) is 1.21. The van der Waals surface area contributed by atoms with Gasteiger partial charge < -0.3 is 14.4 Å². The van der Waals surface area contributed by atoms with E-state index in [0.29, 0.717) is 0 Å². The number of allylic oxidation sites excluding steroid dienone is 2. The molecule has 0 fully saturated rings. The molecule has 1 rings (SSSR count). The van der Waals surface area contributed by atoms with Crippen molar-refractivity contribution in [2.24, 2.45) is 5.41 Å². The van der Waals surface area contributed by atoms with E-state index in [1.165, 1.54) is 6.92 Å². The van der Waals surface area contributed by atoms with Gasteiger partial charge in [-0.2, -0.15) is 8.42 Å².